The molecule has 0 heterocycles. The van der Waals surface area contributed by atoms with Crippen molar-refractivity contribution >= 4 is 21.6 Å². The first-order valence-electron chi connectivity index (χ1n) is 5.74. The number of halogens is 1. The number of hydrogen-bond acceptors (Lipinski definition) is 2. The molecule has 0 saturated heterocycles. The molecule has 0 bridgehead atoms. The van der Waals surface area contributed by atoms with Crippen LogP contribution in [0.4, 0.5) is 0 Å². The highest BCUT2D eigenvalue weighted by Crippen LogP contribution is 2.11. The Hall–Kier alpha value is -0.580. The van der Waals surface area contributed by atoms with Crippen molar-refractivity contribution in [1.29, 1.82) is 0 Å². The molecule has 0 fully saturated rings. The number of aryl methyl sites for hydroxylation is 1. The molecule has 3 nitrogen and oxygen atoms in total. The van der Waals surface area contributed by atoms with Crippen molar-refractivity contribution in [1.82, 2.24) is 4.72 Å². The van der Waals surface area contributed by atoms with E-state index in [2.05, 4.69) is 4.72 Å². The summed E-state index contributed by atoms with van der Waals surface area (Å²) < 4.78 is 26.3. The lowest BCUT2D eigenvalue weighted by molar-refractivity contribution is 0.578. The molecule has 0 aliphatic rings. The highest BCUT2D eigenvalue weighted by molar-refractivity contribution is 7.89. The van der Waals surface area contributed by atoms with Crippen LogP contribution in [0.1, 0.15) is 25.3 Å². The number of alkyl halides is 1. The van der Waals surface area contributed by atoms with E-state index in [0.29, 0.717) is 17.3 Å². The number of nitrogens with one attached hydrogen (secondary N) is 1. The fraction of sp³-hybridized carbons (Fsp3) is 0.500. The van der Waals surface area contributed by atoms with Gasteiger partial charge < -0.3 is 0 Å². The van der Waals surface area contributed by atoms with Crippen LogP contribution in [-0.4, -0.2) is 20.8 Å². The van der Waals surface area contributed by atoms with Gasteiger partial charge in [-0.05, 0) is 30.5 Å². The summed E-state index contributed by atoms with van der Waals surface area (Å²) in [4.78, 5) is 0.312. The van der Waals surface area contributed by atoms with Crippen LogP contribution in [0.3, 0.4) is 0 Å². The molecule has 0 aromatic heterocycles. The van der Waals surface area contributed by atoms with Crippen LogP contribution in [0, 0.1) is 0 Å². The quantitative estimate of drug-likeness (QED) is 0.614. The maximum absolute atomic E-state index is 11.8. The Kier molecular flexibility index (Phi) is 5.95. The zero-order chi connectivity index (χ0) is 12.7. The van der Waals surface area contributed by atoms with Crippen molar-refractivity contribution in [3.8, 4) is 0 Å². The monoisotopic (exact) mass is 275 g/mol. The molecule has 1 N–H and O–H groups in total. The standard InChI is InChI=1S/C12H18ClNO2S/c1-2-3-10-14-17(15,16)12-6-4-11(5-7-12)8-9-13/h4-7,14H,2-3,8-10H2,1H3. The largest absolute Gasteiger partial charge is 0.240 e. The van der Waals surface area contributed by atoms with Gasteiger partial charge in [0, 0.05) is 12.4 Å². The highest BCUT2D eigenvalue weighted by atomic mass is 35.5. The first-order chi connectivity index (χ1) is 8.10. The van der Waals surface area contributed by atoms with Gasteiger partial charge in [-0.25, -0.2) is 13.1 Å². The van der Waals surface area contributed by atoms with Crippen LogP contribution >= 0.6 is 11.6 Å². The molecule has 0 amide bonds. The van der Waals surface area contributed by atoms with Gasteiger partial charge in [0.25, 0.3) is 0 Å². The van der Waals surface area contributed by atoms with E-state index >= 15 is 0 Å². The van der Waals surface area contributed by atoms with Crippen LogP contribution in [0.5, 0.6) is 0 Å². The van der Waals surface area contributed by atoms with Gasteiger partial charge in [-0.3, -0.25) is 0 Å². The molecule has 17 heavy (non-hydrogen) atoms. The fourth-order valence-electron chi connectivity index (χ4n) is 1.41. The van der Waals surface area contributed by atoms with Crippen LogP contribution in [-0.2, 0) is 16.4 Å². The Balaban J connectivity index is 2.71. The van der Waals surface area contributed by atoms with Crippen molar-refractivity contribution in [3.05, 3.63) is 29.8 Å². The van der Waals surface area contributed by atoms with Gasteiger partial charge in [0.05, 0.1) is 4.90 Å². The molecule has 0 unspecified atom stereocenters. The molecule has 0 aliphatic carbocycles. The maximum atomic E-state index is 11.8. The fourth-order valence-corrected chi connectivity index (χ4v) is 2.70. The summed E-state index contributed by atoms with van der Waals surface area (Å²) in [6.45, 7) is 2.51. The summed E-state index contributed by atoms with van der Waals surface area (Å²) in [5.74, 6) is 0.543. The van der Waals surface area contributed by atoms with Crippen molar-refractivity contribution < 1.29 is 8.42 Å². The first kappa shape index (κ1) is 14.5. The Morgan fingerprint density at radius 2 is 1.88 bits per heavy atom. The molecule has 1 rings (SSSR count). The zero-order valence-corrected chi connectivity index (χ0v) is 11.5. The van der Waals surface area contributed by atoms with Crippen LogP contribution in [0.15, 0.2) is 29.2 Å². The van der Waals surface area contributed by atoms with E-state index in [0.717, 1.165) is 24.8 Å². The zero-order valence-electron chi connectivity index (χ0n) is 9.95. The van der Waals surface area contributed by atoms with Crippen molar-refractivity contribution in [2.24, 2.45) is 0 Å². The molecular weight excluding hydrogens is 258 g/mol. The normalized spacial score (nSPS) is 11.6. The molecule has 0 atom stereocenters. The molecule has 0 radical (unpaired) electrons. The molecule has 1 aromatic rings. The third kappa shape index (κ3) is 4.66. The van der Waals surface area contributed by atoms with E-state index in [1.807, 2.05) is 6.92 Å². The first-order valence-corrected chi connectivity index (χ1v) is 7.76. The average molecular weight is 276 g/mol. The topological polar surface area (TPSA) is 46.2 Å². The number of unbranched alkanes of at least 4 members (excludes halogenated alkanes) is 1. The van der Waals surface area contributed by atoms with Crippen LogP contribution in [0.2, 0.25) is 0 Å². The Labute approximate surface area is 108 Å². The van der Waals surface area contributed by atoms with Crippen LogP contribution < -0.4 is 4.72 Å². The van der Waals surface area contributed by atoms with Gasteiger partial charge in [0.2, 0.25) is 10.0 Å². The van der Waals surface area contributed by atoms with Gasteiger partial charge in [-0.1, -0.05) is 25.5 Å². The maximum Gasteiger partial charge on any atom is 0.240 e. The Morgan fingerprint density at radius 1 is 1.24 bits per heavy atom. The van der Waals surface area contributed by atoms with Crippen LogP contribution in [0.25, 0.3) is 0 Å². The number of benzene rings is 1. The molecule has 96 valence electrons. The second-order valence-electron chi connectivity index (χ2n) is 3.83. The minimum Gasteiger partial charge on any atom is -0.211 e. The molecule has 5 heteroatoms. The smallest absolute Gasteiger partial charge is 0.211 e. The lowest BCUT2D eigenvalue weighted by atomic mass is 10.2. The Bertz CT molecular complexity index is 428. The van der Waals surface area contributed by atoms with Crippen molar-refractivity contribution in [2.75, 3.05) is 12.4 Å². The summed E-state index contributed by atoms with van der Waals surface area (Å²) in [5.41, 5.74) is 1.05. The second kappa shape index (κ2) is 6.99. The summed E-state index contributed by atoms with van der Waals surface area (Å²) in [6, 6.07) is 6.85. The lowest BCUT2D eigenvalue weighted by Crippen LogP contribution is -2.24. The molecule has 1 aromatic carbocycles. The average Bonchev–Trinajstić information content (AvgIpc) is 2.30. The van der Waals surface area contributed by atoms with E-state index in [1.54, 1.807) is 24.3 Å². The number of rotatable bonds is 7. The summed E-state index contributed by atoms with van der Waals surface area (Å²) in [7, 11) is -3.35. The van der Waals surface area contributed by atoms with Gasteiger partial charge in [0.1, 0.15) is 0 Å². The number of hydrogen-bond donors (Lipinski definition) is 1. The van der Waals surface area contributed by atoms with Gasteiger partial charge in [0.15, 0.2) is 0 Å². The SMILES string of the molecule is CCCCNS(=O)(=O)c1ccc(CCCl)cc1. The van der Waals surface area contributed by atoms with E-state index in [9.17, 15) is 8.42 Å². The van der Waals surface area contributed by atoms with Gasteiger partial charge in [-0.2, -0.15) is 0 Å². The minimum atomic E-state index is -3.35. The van der Waals surface area contributed by atoms with E-state index in [4.69, 9.17) is 11.6 Å². The molecular formula is C12H18ClNO2S. The summed E-state index contributed by atoms with van der Waals surface area (Å²) in [5, 5.41) is 0. The molecule has 0 aliphatic heterocycles. The summed E-state index contributed by atoms with van der Waals surface area (Å²) >= 11 is 5.62. The molecule has 0 spiro atoms. The predicted octanol–water partition coefficient (Wildman–Crippen LogP) is 2.55. The molecule has 0 saturated carbocycles. The van der Waals surface area contributed by atoms with Gasteiger partial charge in [-0.15, -0.1) is 11.6 Å². The Morgan fingerprint density at radius 3 is 2.41 bits per heavy atom. The predicted molar refractivity (Wildman–Crippen MR) is 71.0 cm³/mol. The lowest BCUT2D eigenvalue weighted by Gasteiger charge is -2.06. The minimum absolute atomic E-state index is 0.312. The third-order valence-electron chi connectivity index (χ3n) is 2.44. The van der Waals surface area contributed by atoms with E-state index in [-0.39, 0.29) is 0 Å². The van der Waals surface area contributed by atoms with Crippen molar-refractivity contribution in [2.45, 2.75) is 31.1 Å². The third-order valence-corrected chi connectivity index (χ3v) is 4.11. The van der Waals surface area contributed by atoms with E-state index < -0.39 is 10.0 Å². The highest BCUT2D eigenvalue weighted by Gasteiger charge is 2.12. The second-order valence-corrected chi connectivity index (χ2v) is 5.98. The number of sulfonamides is 1. The summed E-state index contributed by atoms with van der Waals surface area (Å²) in [6.07, 6.45) is 2.58. The van der Waals surface area contributed by atoms with E-state index in [1.165, 1.54) is 0 Å². The van der Waals surface area contributed by atoms with Crippen molar-refractivity contribution in [3.63, 3.8) is 0 Å². The van der Waals surface area contributed by atoms with Gasteiger partial charge >= 0.3 is 0 Å².